The fraction of sp³-hybridized carbons (Fsp3) is 0.333. The van der Waals surface area contributed by atoms with Crippen molar-refractivity contribution < 1.29 is 5.11 Å². The van der Waals surface area contributed by atoms with Crippen molar-refractivity contribution in [3.05, 3.63) is 38.5 Å². The summed E-state index contributed by atoms with van der Waals surface area (Å²) in [6, 6.07) is 3.44. The first kappa shape index (κ1) is 14.5. The van der Waals surface area contributed by atoms with Gasteiger partial charge in [-0.25, -0.2) is 9.97 Å². The molecular formula is C12H13Cl2N3OS. The number of likely N-dealkylation sites (N-methyl/N-ethyl adjacent to an activating group) is 1. The van der Waals surface area contributed by atoms with Crippen LogP contribution in [0.4, 0.5) is 5.69 Å². The maximum absolute atomic E-state index is 10.1. The van der Waals surface area contributed by atoms with Crippen LogP contribution >= 0.6 is 34.5 Å². The van der Waals surface area contributed by atoms with Crippen LogP contribution in [0.1, 0.15) is 16.8 Å². The van der Waals surface area contributed by atoms with E-state index in [4.69, 9.17) is 23.2 Å². The highest BCUT2D eigenvalue weighted by molar-refractivity contribution is 7.09. The molecule has 0 aliphatic carbocycles. The molecule has 1 unspecified atom stereocenters. The fourth-order valence-electron chi connectivity index (χ4n) is 1.65. The Morgan fingerprint density at radius 2 is 2.11 bits per heavy atom. The quantitative estimate of drug-likeness (QED) is 0.879. The topological polar surface area (TPSA) is 49.2 Å². The van der Waals surface area contributed by atoms with Gasteiger partial charge in [-0.05, 0) is 19.1 Å². The molecule has 0 spiro atoms. The second kappa shape index (κ2) is 6.05. The first-order chi connectivity index (χ1) is 8.97. The van der Waals surface area contributed by atoms with Gasteiger partial charge < -0.3 is 10.0 Å². The van der Waals surface area contributed by atoms with Crippen LogP contribution in [0.15, 0.2) is 17.5 Å². The average Bonchev–Trinajstić information content (AvgIpc) is 2.75. The van der Waals surface area contributed by atoms with Gasteiger partial charge in [0.2, 0.25) is 0 Å². The molecule has 2 aromatic rings. The van der Waals surface area contributed by atoms with E-state index >= 15 is 0 Å². The third kappa shape index (κ3) is 3.57. The van der Waals surface area contributed by atoms with E-state index in [9.17, 15) is 5.11 Å². The second-order valence-electron chi connectivity index (χ2n) is 4.17. The summed E-state index contributed by atoms with van der Waals surface area (Å²) in [6.45, 7) is 2.28. The van der Waals surface area contributed by atoms with Crippen molar-refractivity contribution in [2.45, 2.75) is 13.0 Å². The van der Waals surface area contributed by atoms with Crippen LogP contribution in [0.5, 0.6) is 0 Å². The molecule has 19 heavy (non-hydrogen) atoms. The molecule has 2 heterocycles. The third-order valence-electron chi connectivity index (χ3n) is 2.57. The summed E-state index contributed by atoms with van der Waals surface area (Å²) >= 11 is 13.2. The van der Waals surface area contributed by atoms with Gasteiger partial charge in [0.15, 0.2) is 5.15 Å². The number of aliphatic hydroxyl groups excluding tert-OH is 1. The van der Waals surface area contributed by atoms with Crippen LogP contribution in [-0.4, -0.2) is 28.7 Å². The molecule has 0 saturated heterocycles. The van der Waals surface area contributed by atoms with Gasteiger partial charge >= 0.3 is 0 Å². The van der Waals surface area contributed by atoms with Crippen molar-refractivity contribution >= 4 is 40.2 Å². The van der Waals surface area contributed by atoms with Gasteiger partial charge in [0.05, 0.1) is 12.2 Å². The molecule has 2 rings (SSSR count). The van der Waals surface area contributed by atoms with Crippen molar-refractivity contribution in [1.82, 2.24) is 9.97 Å². The van der Waals surface area contributed by atoms with E-state index in [0.29, 0.717) is 21.9 Å². The van der Waals surface area contributed by atoms with Crippen molar-refractivity contribution in [2.75, 3.05) is 18.5 Å². The number of hydrogen-bond donors (Lipinski definition) is 1. The summed E-state index contributed by atoms with van der Waals surface area (Å²) in [5.74, 6) is 0. The van der Waals surface area contributed by atoms with Crippen LogP contribution in [0, 0.1) is 6.92 Å². The Balaban J connectivity index is 2.10. The molecule has 0 aromatic carbocycles. The Hall–Kier alpha value is -0.880. The number of thiazole rings is 1. The average molecular weight is 318 g/mol. The van der Waals surface area contributed by atoms with Crippen LogP contribution in [0.25, 0.3) is 0 Å². The lowest BCUT2D eigenvalue weighted by atomic mass is 10.3. The predicted molar refractivity (Wildman–Crippen MR) is 79.3 cm³/mol. The van der Waals surface area contributed by atoms with Gasteiger partial charge in [0, 0.05) is 18.1 Å². The number of pyridine rings is 1. The normalized spacial score (nSPS) is 12.5. The molecule has 1 atom stereocenters. The zero-order chi connectivity index (χ0) is 14.0. The van der Waals surface area contributed by atoms with Crippen LogP contribution < -0.4 is 4.90 Å². The molecule has 0 amide bonds. The van der Waals surface area contributed by atoms with Gasteiger partial charge in [0.1, 0.15) is 16.3 Å². The molecule has 0 fully saturated rings. The number of hydrogen-bond acceptors (Lipinski definition) is 5. The Morgan fingerprint density at radius 3 is 2.68 bits per heavy atom. The molecule has 102 valence electrons. The molecule has 4 nitrogen and oxygen atoms in total. The summed E-state index contributed by atoms with van der Waals surface area (Å²) in [5.41, 5.74) is 1.63. The smallest absolute Gasteiger partial charge is 0.154 e. The van der Waals surface area contributed by atoms with Crippen LogP contribution in [-0.2, 0) is 0 Å². The molecule has 1 N–H and O–H groups in total. The molecule has 7 heteroatoms. The standard InChI is InChI=1S/C12H13Cl2N3OS/c1-7-6-19-12(15-7)9(18)5-17(2)8-3-4-10(13)16-11(8)14/h3-4,6,9,18H,5H2,1-2H3. The fourth-order valence-corrected chi connectivity index (χ4v) is 2.91. The van der Waals surface area contributed by atoms with E-state index < -0.39 is 6.10 Å². The third-order valence-corrected chi connectivity index (χ3v) is 4.13. The number of aliphatic hydroxyl groups is 1. The molecule has 0 aliphatic rings. The van der Waals surface area contributed by atoms with E-state index in [0.717, 1.165) is 11.4 Å². The summed E-state index contributed by atoms with van der Waals surface area (Å²) in [5, 5.41) is 13.4. The highest BCUT2D eigenvalue weighted by atomic mass is 35.5. The molecule has 0 bridgehead atoms. The van der Waals surface area contributed by atoms with E-state index in [-0.39, 0.29) is 0 Å². The first-order valence-corrected chi connectivity index (χ1v) is 7.24. The molecule has 0 aliphatic heterocycles. The highest BCUT2D eigenvalue weighted by Gasteiger charge is 2.16. The Kier molecular flexibility index (Phi) is 4.62. The minimum atomic E-state index is -0.657. The van der Waals surface area contributed by atoms with Crippen molar-refractivity contribution in [3.8, 4) is 0 Å². The molecule has 0 saturated carbocycles. The van der Waals surface area contributed by atoms with Gasteiger partial charge in [-0.1, -0.05) is 23.2 Å². The minimum Gasteiger partial charge on any atom is -0.384 e. The van der Waals surface area contributed by atoms with Gasteiger partial charge in [-0.3, -0.25) is 0 Å². The highest BCUT2D eigenvalue weighted by Crippen LogP contribution is 2.27. The first-order valence-electron chi connectivity index (χ1n) is 5.60. The van der Waals surface area contributed by atoms with E-state index in [1.165, 1.54) is 11.3 Å². The van der Waals surface area contributed by atoms with Crippen LogP contribution in [0.2, 0.25) is 10.3 Å². The second-order valence-corrected chi connectivity index (χ2v) is 5.80. The summed E-state index contributed by atoms with van der Waals surface area (Å²) in [4.78, 5) is 10.1. The number of rotatable bonds is 4. The number of nitrogens with zero attached hydrogens (tertiary/aromatic N) is 3. The van der Waals surface area contributed by atoms with E-state index in [2.05, 4.69) is 9.97 Å². The molecule has 2 aromatic heterocycles. The zero-order valence-electron chi connectivity index (χ0n) is 10.5. The monoisotopic (exact) mass is 317 g/mol. The van der Waals surface area contributed by atoms with Gasteiger partial charge in [0.25, 0.3) is 0 Å². The maximum atomic E-state index is 10.1. The SMILES string of the molecule is Cc1csc(C(O)CN(C)c2ccc(Cl)nc2Cl)n1. The van der Waals surface area contributed by atoms with Gasteiger partial charge in [-0.2, -0.15) is 0 Å². The Morgan fingerprint density at radius 1 is 1.37 bits per heavy atom. The van der Waals surface area contributed by atoms with Crippen molar-refractivity contribution in [1.29, 1.82) is 0 Å². The van der Waals surface area contributed by atoms with E-state index in [1.807, 2.05) is 24.3 Å². The molecular weight excluding hydrogens is 305 g/mol. The number of anilines is 1. The summed E-state index contributed by atoms with van der Waals surface area (Å²) < 4.78 is 0. The van der Waals surface area contributed by atoms with Gasteiger partial charge in [-0.15, -0.1) is 11.3 Å². The van der Waals surface area contributed by atoms with Crippen LogP contribution in [0.3, 0.4) is 0 Å². The lowest BCUT2D eigenvalue weighted by Crippen LogP contribution is -2.24. The lowest BCUT2D eigenvalue weighted by molar-refractivity contribution is 0.184. The predicted octanol–water partition coefficient (Wildman–Crippen LogP) is 3.32. The Bertz CT molecular complexity index is 576. The van der Waals surface area contributed by atoms with E-state index in [1.54, 1.807) is 12.1 Å². The number of halogens is 2. The maximum Gasteiger partial charge on any atom is 0.154 e. The minimum absolute atomic E-state index is 0.317. The lowest BCUT2D eigenvalue weighted by Gasteiger charge is -2.22. The summed E-state index contributed by atoms with van der Waals surface area (Å²) in [6.07, 6.45) is -0.657. The largest absolute Gasteiger partial charge is 0.384 e. The van der Waals surface area contributed by atoms with Crippen molar-refractivity contribution in [2.24, 2.45) is 0 Å². The Labute approximate surface area is 125 Å². The van der Waals surface area contributed by atoms with Crippen molar-refractivity contribution in [3.63, 3.8) is 0 Å². The summed E-state index contributed by atoms with van der Waals surface area (Å²) in [7, 11) is 1.83. The zero-order valence-corrected chi connectivity index (χ0v) is 12.8. The number of aryl methyl sites for hydroxylation is 1. The molecule has 0 radical (unpaired) electrons. The number of aromatic nitrogens is 2.